The van der Waals surface area contributed by atoms with E-state index in [2.05, 4.69) is 14.9 Å². The van der Waals surface area contributed by atoms with Gasteiger partial charge in [-0.25, -0.2) is 0 Å². The molecule has 1 saturated heterocycles. The first-order valence-corrected chi connectivity index (χ1v) is 6.64. The highest BCUT2D eigenvalue weighted by molar-refractivity contribution is 7.87. The van der Waals surface area contributed by atoms with Crippen LogP contribution in [0.4, 0.5) is 5.82 Å². The third kappa shape index (κ3) is 2.94. The van der Waals surface area contributed by atoms with Gasteiger partial charge in [-0.1, -0.05) is 0 Å². The van der Waals surface area contributed by atoms with E-state index in [-0.39, 0.29) is 6.54 Å². The summed E-state index contributed by atoms with van der Waals surface area (Å²) < 4.78 is 32.7. The molecule has 1 aromatic heterocycles. The van der Waals surface area contributed by atoms with Gasteiger partial charge in [0.05, 0.1) is 19.4 Å². The minimum absolute atomic E-state index is 0.127. The van der Waals surface area contributed by atoms with Crippen LogP contribution in [0.25, 0.3) is 0 Å². The Morgan fingerprint density at radius 3 is 2.82 bits per heavy atom. The summed E-state index contributed by atoms with van der Waals surface area (Å²) in [5, 5.41) is 6.26. The van der Waals surface area contributed by atoms with Crippen molar-refractivity contribution in [1.82, 2.24) is 19.2 Å². The van der Waals surface area contributed by atoms with E-state index in [1.807, 2.05) is 0 Å². The van der Waals surface area contributed by atoms with Crippen LogP contribution in [0.1, 0.15) is 5.56 Å². The third-order valence-corrected chi connectivity index (χ3v) is 4.06. The van der Waals surface area contributed by atoms with Gasteiger partial charge in [-0.2, -0.15) is 22.5 Å². The molecule has 0 spiro atoms. The highest BCUT2D eigenvalue weighted by Crippen LogP contribution is 2.08. The average molecular weight is 261 g/mol. The topological polar surface area (TPSA) is 113 Å². The zero-order valence-electron chi connectivity index (χ0n) is 9.22. The number of nitrogen functional groups attached to an aromatic ring is 1. The average Bonchev–Trinajstić information content (AvgIpc) is 2.74. The summed E-state index contributed by atoms with van der Waals surface area (Å²) in [5.74, 6) is 0.370. The summed E-state index contributed by atoms with van der Waals surface area (Å²) >= 11 is 0. The molecular weight excluding hydrogens is 246 g/mol. The molecule has 1 aromatic rings. The number of aromatic nitrogens is 2. The zero-order chi connectivity index (χ0) is 12.3. The molecule has 1 aliphatic rings. The summed E-state index contributed by atoms with van der Waals surface area (Å²) in [7, 11) is -3.47. The van der Waals surface area contributed by atoms with Gasteiger partial charge in [0.15, 0.2) is 0 Å². The van der Waals surface area contributed by atoms with Crippen LogP contribution in [0, 0.1) is 0 Å². The van der Waals surface area contributed by atoms with Gasteiger partial charge in [-0.15, -0.1) is 0 Å². The summed E-state index contributed by atoms with van der Waals surface area (Å²) in [4.78, 5) is 0. The van der Waals surface area contributed by atoms with Crippen molar-refractivity contribution in [3.8, 4) is 0 Å². The summed E-state index contributed by atoms with van der Waals surface area (Å²) in [6, 6.07) is 0. The fourth-order valence-corrected chi connectivity index (χ4v) is 2.66. The van der Waals surface area contributed by atoms with Gasteiger partial charge in [0.25, 0.3) is 10.2 Å². The van der Waals surface area contributed by atoms with Crippen LogP contribution in [0.3, 0.4) is 0 Å². The quantitative estimate of drug-likeness (QED) is 0.620. The van der Waals surface area contributed by atoms with Crippen molar-refractivity contribution < 1.29 is 13.2 Å². The van der Waals surface area contributed by atoms with Crippen molar-refractivity contribution in [2.75, 3.05) is 32.0 Å². The first-order valence-electron chi connectivity index (χ1n) is 5.20. The van der Waals surface area contributed by atoms with Crippen molar-refractivity contribution in [2.24, 2.45) is 0 Å². The molecule has 9 heteroatoms. The van der Waals surface area contributed by atoms with Crippen LogP contribution in [-0.2, 0) is 21.5 Å². The van der Waals surface area contributed by atoms with Gasteiger partial charge in [0.2, 0.25) is 0 Å². The predicted molar refractivity (Wildman–Crippen MR) is 61.2 cm³/mol. The molecule has 0 aliphatic carbocycles. The van der Waals surface area contributed by atoms with Crippen molar-refractivity contribution in [3.63, 3.8) is 0 Å². The number of rotatable bonds is 4. The van der Waals surface area contributed by atoms with E-state index >= 15 is 0 Å². The Balaban J connectivity index is 1.95. The fraction of sp³-hybridized carbons (Fsp3) is 0.625. The number of nitrogens with one attached hydrogen (secondary N) is 2. The Hall–Kier alpha value is -1.16. The minimum atomic E-state index is -3.47. The Morgan fingerprint density at radius 1 is 1.53 bits per heavy atom. The minimum Gasteiger partial charge on any atom is -0.384 e. The number of H-pyrrole nitrogens is 1. The van der Waals surface area contributed by atoms with Crippen LogP contribution in [0.15, 0.2) is 6.20 Å². The summed E-state index contributed by atoms with van der Waals surface area (Å²) in [6.45, 7) is 1.72. The summed E-state index contributed by atoms with van der Waals surface area (Å²) in [5.41, 5.74) is 6.19. The number of hydrogen-bond acceptors (Lipinski definition) is 5. The van der Waals surface area contributed by atoms with Crippen molar-refractivity contribution >= 4 is 16.0 Å². The maximum Gasteiger partial charge on any atom is 0.279 e. The molecule has 0 bridgehead atoms. The number of ether oxygens (including phenoxy) is 1. The lowest BCUT2D eigenvalue weighted by Gasteiger charge is -2.25. The maximum absolute atomic E-state index is 11.9. The maximum atomic E-state index is 11.9. The second-order valence-electron chi connectivity index (χ2n) is 3.65. The molecule has 17 heavy (non-hydrogen) atoms. The lowest BCUT2D eigenvalue weighted by atomic mass is 10.3. The molecule has 0 atom stereocenters. The highest BCUT2D eigenvalue weighted by atomic mass is 32.2. The molecule has 1 fully saturated rings. The highest BCUT2D eigenvalue weighted by Gasteiger charge is 2.23. The normalized spacial score (nSPS) is 18.4. The van der Waals surface area contributed by atoms with Crippen molar-refractivity contribution in [2.45, 2.75) is 6.54 Å². The molecule has 0 radical (unpaired) electrons. The molecule has 8 nitrogen and oxygen atoms in total. The predicted octanol–water partition coefficient (Wildman–Crippen LogP) is -1.34. The van der Waals surface area contributed by atoms with Crippen molar-refractivity contribution in [3.05, 3.63) is 11.8 Å². The van der Waals surface area contributed by atoms with E-state index in [0.29, 0.717) is 37.7 Å². The van der Waals surface area contributed by atoms with E-state index in [0.717, 1.165) is 0 Å². The second kappa shape index (κ2) is 5.00. The first-order chi connectivity index (χ1) is 8.09. The fourth-order valence-electron chi connectivity index (χ4n) is 1.51. The van der Waals surface area contributed by atoms with E-state index in [4.69, 9.17) is 10.5 Å². The lowest BCUT2D eigenvalue weighted by molar-refractivity contribution is 0.0725. The van der Waals surface area contributed by atoms with Crippen LogP contribution in [0.2, 0.25) is 0 Å². The lowest BCUT2D eigenvalue weighted by Crippen LogP contribution is -2.46. The number of aromatic amines is 1. The molecule has 4 N–H and O–H groups in total. The zero-order valence-corrected chi connectivity index (χ0v) is 10.0. The number of morpholine rings is 1. The number of hydrogen-bond donors (Lipinski definition) is 3. The second-order valence-corrected chi connectivity index (χ2v) is 5.40. The smallest absolute Gasteiger partial charge is 0.279 e. The van der Waals surface area contributed by atoms with E-state index in [1.54, 1.807) is 0 Å². The van der Waals surface area contributed by atoms with Crippen LogP contribution < -0.4 is 10.5 Å². The largest absolute Gasteiger partial charge is 0.384 e. The van der Waals surface area contributed by atoms with Crippen molar-refractivity contribution in [1.29, 1.82) is 0 Å². The summed E-state index contributed by atoms with van der Waals surface area (Å²) in [6.07, 6.45) is 1.50. The number of nitrogens with zero attached hydrogens (tertiary/aromatic N) is 2. The Kier molecular flexibility index (Phi) is 3.62. The molecule has 0 unspecified atom stereocenters. The Morgan fingerprint density at radius 2 is 2.24 bits per heavy atom. The molecule has 2 rings (SSSR count). The number of anilines is 1. The van der Waals surface area contributed by atoms with Gasteiger partial charge in [0.1, 0.15) is 5.82 Å². The molecule has 0 aromatic carbocycles. The van der Waals surface area contributed by atoms with Crippen LogP contribution in [0.5, 0.6) is 0 Å². The third-order valence-electron chi connectivity index (χ3n) is 2.51. The molecule has 0 amide bonds. The molecular formula is C8H15N5O3S. The molecule has 0 saturated carbocycles. The van der Waals surface area contributed by atoms with Gasteiger partial charge in [0, 0.05) is 25.2 Å². The Labute approximate surface area is 99.3 Å². The molecule has 96 valence electrons. The standard InChI is InChI=1S/C8H15N5O3S/c9-8-7(5-10-12-8)6-11-17(14,15)13-1-3-16-4-2-13/h5,11H,1-4,6H2,(H3,9,10,12). The van der Waals surface area contributed by atoms with Gasteiger partial charge in [-0.3, -0.25) is 5.10 Å². The first kappa shape index (κ1) is 12.3. The molecule has 1 aliphatic heterocycles. The number of nitrogens with two attached hydrogens (primary N) is 1. The molecule has 2 heterocycles. The van der Waals surface area contributed by atoms with Gasteiger partial charge < -0.3 is 10.5 Å². The Bertz CT molecular complexity index is 465. The van der Waals surface area contributed by atoms with E-state index < -0.39 is 10.2 Å². The van der Waals surface area contributed by atoms with Gasteiger partial charge >= 0.3 is 0 Å². The SMILES string of the molecule is Nc1[nH]ncc1CNS(=O)(=O)N1CCOCC1. The van der Waals surface area contributed by atoms with Crippen LogP contribution >= 0.6 is 0 Å². The van der Waals surface area contributed by atoms with Gasteiger partial charge in [-0.05, 0) is 0 Å². The van der Waals surface area contributed by atoms with E-state index in [9.17, 15) is 8.42 Å². The van der Waals surface area contributed by atoms with E-state index in [1.165, 1.54) is 10.5 Å². The monoisotopic (exact) mass is 261 g/mol. The van der Waals surface area contributed by atoms with Crippen LogP contribution in [-0.4, -0.2) is 49.2 Å².